The maximum Gasteiger partial charge on any atom is 0.418 e. The van der Waals surface area contributed by atoms with Crippen molar-refractivity contribution in [2.24, 2.45) is 0 Å². The van der Waals surface area contributed by atoms with E-state index in [1.807, 2.05) is 66.7 Å². The number of aromatic nitrogens is 1. The highest BCUT2D eigenvalue weighted by atomic mass is 32.1. The standard InChI is InChI=1S/C32H23F3N2S/c33-32(34,35)28-14-7-13-27-30(23(18-37-31(27)28)16-21-8-2-1-3-9-21)22-10-6-11-25(17-22)36-19-24-20-38-29-15-5-4-12-26(24)29/h1-15,17-18,20,36H,16,19H2. The summed E-state index contributed by atoms with van der Waals surface area (Å²) in [6.07, 6.45) is -2.33. The van der Waals surface area contributed by atoms with Crippen molar-refractivity contribution < 1.29 is 13.2 Å². The summed E-state index contributed by atoms with van der Waals surface area (Å²) < 4.78 is 42.8. The van der Waals surface area contributed by atoms with E-state index in [2.05, 4.69) is 27.8 Å². The summed E-state index contributed by atoms with van der Waals surface area (Å²) in [5, 5.41) is 7.40. The van der Waals surface area contributed by atoms with Crippen LogP contribution in [0.2, 0.25) is 0 Å². The number of nitrogens with one attached hydrogen (secondary N) is 1. The van der Waals surface area contributed by atoms with Crippen molar-refractivity contribution in [3.05, 3.63) is 131 Å². The van der Waals surface area contributed by atoms with Crippen molar-refractivity contribution >= 4 is 38.0 Å². The molecule has 0 spiro atoms. The van der Waals surface area contributed by atoms with Crippen molar-refractivity contribution in [3.8, 4) is 11.1 Å². The summed E-state index contributed by atoms with van der Waals surface area (Å²) >= 11 is 1.72. The number of alkyl halides is 3. The molecule has 0 amide bonds. The van der Waals surface area contributed by atoms with Crippen LogP contribution in [0.25, 0.3) is 32.1 Å². The normalized spacial score (nSPS) is 11.8. The summed E-state index contributed by atoms with van der Waals surface area (Å²) in [4.78, 5) is 4.32. The minimum Gasteiger partial charge on any atom is -0.381 e. The van der Waals surface area contributed by atoms with E-state index < -0.39 is 11.7 Å². The van der Waals surface area contributed by atoms with Gasteiger partial charge in [-0.3, -0.25) is 4.98 Å². The van der Waals surface area contributed by atoms with Gasteiger partial charge in [-0.25, -0.2) is 0 Å². The lowest BCUT2D eigenvalue weighted by Crippen LogP contribution is -2.07. The topological polar surface area (TPSA) is 24.9 Å². The number of fused-ring (bicyclic) bond motifs is 2. The molecular weight excluding hydrogens is 501 g/mol. The Labute approximate surface area is 222 Å². The predicted octanol–water partition coefficient (Wildman–Crippen LogP) is 9.34. The maximum atomic E-state index is 13.9. The van der Waals surface area contributed by atoms with Gasteiger partial charge < -0.3 is 5.32 Å². The zero-order chi connectivity index (χ0) is 26.1. The molecule has 6 aromatic rings. The van der Waals surface area contributed by atoms with E-state index in [0.29, 0.717) is 18.4 Å². The molecule has 0 unspecified atom stereocenters. The Kier molecular flexibility index (Phi) is 6.34. The lowest BCUT2D eigenvalue weighted by atomic mass is 9.91. The molecule has 6 heteroatoms. The van der Waals surface area contributed by atoms with E-state index in [1.54, 1.807) is 23.6 Å². The second-order valence-electron chi connectivity index (χ2n) is 9.21. The minimum atomic E-state index is -4.49. The number of benzene rings is 4. The summed E-state index contributed by atoms with van der Waals surface area (Å²) in [5.41, 5.74) is 4.93. The van der Waals surface area contributed by atoms with Gasteiger partial charge in [0.2, 0.25) is 0 Å². The Morgan fingerprint density at radius 2 is 1.53 bits per heavy atom. The zero-order valence-electron chi connectivity index (χ0n) is 20.3. The van der Waals surface area contributed by atoms with E-state index in [-0.39, 0.29) is 5.52 Å². The fourth-order valence-corrected chi connectivity index (χ4v) is 5.90. The molecule has 0 radical (unpaired) electrons. The molecule has 6 rings (SSSR count). The molecule has 0 saturated carbocycles. The van der Waals surface area contributed by atoms with Gasteiger partial charge in [-0.05, 0) is 69.3 Å². The third-order valence-corrected chi connectivity index (χ3v) is 7.73. The van der Waals surface area contributed by atoms with Crippen LogP contribution in [-0.2, 0) is 19.1 Å². The number of nitrogens with zero attached hydrogens (tertiary/aromatic N) is 1. The van der Waals surface area contributed by atoms with Gasteiger partial charge in [-0.1, -0.05) is 72.8 Å². The molecule has 0 atom stereocenters. The molecule has 188 valence electrons. The lowest BCUT2D eigenvalue weighted by Gasteiger charge is -2.17. The monoisotopic (exact) mass is 524 g/mol. The predicted molar refractivity (Wildman–Crippen MR) is 151 cm³/mol. The fraction of sp³-hybridized carbons (Fsp3) is 0.0938. The molecule has 2 heterocycles. The van der Waals surface area contributed by atoms with Crippen molar-refractivity contribution in [1.29, 1.82) is 0 Å². The Morgan fingerprint density at radius 3 is 2.37 bits per heavy atom. The first-order valence-electron chi connectivity index (χ1n) is 12.3. The molecule has 0 aliphatic heterocycles. The minimum absolute atomic E-state index is 0.0325. The molecule has 0 aliphatic carbocycles. The number of halogens is 3. The van der Waals surface area contributed by atoms with Crippen LogP contribution in [-0.4, -0.2) is 4.98 Å². The third kappa shape index (κ3) is 4.75. The number of anilines is 1. The smallest absolute Gasteiger partial charge is 0.381 e. The van der Waals surface area contributed by atoms with Crippen LogP contribution in [0.15, 0.2) is 109 Å². The van der Waals surface area contributed by atoms with Gasteiger partial charge in [0, 0.05) is 28.5 Å². The molecular formula is C32H23F3N2S. The number of para-hydroxylation sites is 1. The maximum absolute atomic E-state index is 13.9. The molecule has 0 saturated heterocycles. The van der Waals surface area contributed by atoms with Crippen LogP contribution in [0, 0.1) is 0 Å². The summed E-state index contributed by atoms with van der Waals surface area (Å²) in [5.74, 6) is 0. The second kappa shape index (κ2) is 9.95. The summed E-state index contributed by atoms with van der Waals surface area (Å²) in [6.45, 7) is 0.652. The summed E-state index contributed by atoms with van der Waals surface area (Å²) in [6, 6.07) is 30.4. The molecule has 4 aromatic carbocycles. The average molecular weight is 525 g/mol. The van der Waals surface area contributed by atoms with Crippen LogP contribution < -0.4 is 5.32 Å². The number of rotatable bonds is 6. The molecule has 38 heavy (non-hydrogen) atoms. The van der Waals surface area contributed by atoms with Gasteiger partial charge in [0.25, 0.3) is 0 Å². The number of pyridine rings is 1. The molecule has 2 nitrogen and oxygen atoms in total. The molecule has 2 aromatic heterocycles. The highest BCUT2D eigenvalue weighted by Gasteiger charge is 2.33. The highest BCUT2D eigenvalue weighted by molar-refractivity contribution is 7.17. The van der Waals surface area contributed by atoms with Crippen molar-refractivity contribution in [2.75, 3.05) is 5.32 Å². The van der Waals surface area contributed by atoms with Gasteiger partial charge in [-0.2, -0.15) is 13.2 Å². The van der Waals surface area contributed by atoms with Gasteiger partial charge in [0.1, 0.15) is 0 Å². The molecule has 0 aliphatic rings. The Balaban J connectivity index is 1.43. The van der Waals surface area contributed by atoms with Crippen LogP contribution in [0.4, 0.5) is 18.9 Å². The first-order valence-corrected chi connectivity index (χ1v) is 13.2. The van der Waals surface area contributed by atoms with Crippen LogP contribution >= 0.6 is 11.3 Å². The van der Waals surface area contributed by atoms with E-state index in [9.17, 15) is 13.2 Å². The molecule has 1 N–H and O–H groups in total. The number of hydrogen-bond acceptors (Lipinski definition) is 3. The Bertz CT molecular complexity index is 1740. The molecule has 0 fully saturated rings. The summed E-state index contributed by atoms with van der Waals surface area (Å²) in [7, 11) is 0. The van der Waals surface area contributed by atoms with E-state index in [4.69, 9.17) is 0 Å². The van der Waals surface area contributed by atoms with Gasteiger partial charge >= 0.3 is 6.18 Å². The first kappa shape index (κ1) is 24.2. The van der Waals surface area contributed by atoms with Crippen molar-refractivity contribution in [3.63, 3.8) is 0 Å². The average Bonchev–Trinajstić information content (AvgIpc) is 3.35. The lowest BCUT2D eigenvalue weighted by molar-refractivity contribution is -0.136. The third-order valence-electron chi connectivity index (χ3n) is 6.71. The van der Waals surface area contributed by atoms with E-state index in [0.717, 1.165) is 34.0 Å². The van der Waals surface area contributed by atoms with E-state index in [1.165, 1.54) is 21.7 Å². The SMILES string of the molecule is FC(F)(F)c1cccc2c(-c3cccc(NCc4csc5ccccc45)c3)c(Cc3ccccc3)cnc12. The van der Waals surface area contributed by atoms with Gasteiger partial charge in [0.15, 0.2) is 0 Å². The molecule has 0 bridgehead atoms. The Morgan fingerprint density at radius 1 is 0.763 bits per heavy atom. The van der Waals surface area contributed by atoms with Crippen LogP contribution in [0.3, 0.4) is 0 Å². The quantitative estimate of drug-likeness (QED) is 0.235. The number of thiophene rings is 1. The Hall–Kier alpha value is -4.16. The van der Waals surface area contributed by atoms with Crippen LogP contribution in [0.1, 0.15) is 22.3 Å². The largest absolute Gasteiger partial charge is 0.418 e. The number of hydrogen-bond donors (Lipinski definition) is 1. The highest BCUT2D eigenvalue weighted by Crippen LogP contribution is 2.39. The first-order chi connectivity index (χ1) is 18.5. The second-order valence-corrected chi connectivity index (χ2v) is 10.1. The fourth-order valence-electron chi connectivity index (χ4n) is 4.94. The van der Waals surface area contributed by atoms with Crippen LogP contribution in [0.5, 0.6) is 0 Å². The van der Waals surface area contributed by atoms with E-state index >= 15 is 0 Å². The van der Waals surface area contributed by atoms with Gasteiger partial charge in [0.05, 0.1) is 11.1 Å². The van der Waals surface area contributed by atoms with Crippen molar-refractivity contribution in [1.82, 2.24) is 4.98 Å². The zero-order valence-corrected chi connectivity index (χ0v) is 21.1. The van der Waals surface area contributed by atoms with Crippen molar-refractivity contribution in [2.45, 2.75) is 19.1 Å². The van der Waals surface area contributed by atoms with Gasteiger partial charge in [-0.15, -0.1) is 11.3 Å².